The minimum atomic E-state index is -0.0436. The van der Waals surface area contributed by atoms with Gasteiger partial charge in [-0.1, -0.05) is 149 Å². The van der Waals surface area contributed by atoms with Gasteiger partial charge in [0, 0.05) is 22.9 Å². The van der Waals surface area contributed by atoms with Crippen molar-refractivity contribution in [2.24, 2.45) is 0 Å². The van der Waals surface area contributed by atoms with Gasteiger partial charge < -0.3 is 0 Å². The molecule has 0 bridgehead atoms. The maximum Gasteiger partial charge on any atom is 0.144 e. The largest absolute Gasteiger partial charge is 0.296 e. The summed E-state index contributed by atoms with van der Waals surface area (Å²) < 4.78 is 2.43. The molecule has 2 nitrogen and oxygen atoms in total. The van der Waals surface area contributed by atoms with Crippen molar-refractivity contribution >= 4 is 0 Å². The molecule has 0 unspecified atom stereocenters. The molecule has 7 rings (SSSR count). The minimum Gasteiger partial charge on any atom is -0.296 e. The highest BCUT2D eigenvalue weighted by molar-refractivity contribution is 5.82. The first-order chi connectivity index (χ1) is 23.9. The molecule has 0 aliphatic carbocycles. The highest BCUT2D eigenvalue weighted by atomic mass is 15.1. The molecule has 0 fully saturated rings. The van der Waals surface area contributed by atoms with Crippen molar-refractivity contribution in [1.29, 1.82) is 0 Å². The highest BCUT2D eigenvalue weighted by Crippen LogP contribution is 2.38. The molecule has 0 atom stereocenters. The molecule has 0 saturated heterocycles. The predicted molar refractivity (Wildman–Crippen MR) is 208 cm³/mol. The van der Waals surface area contributed by atoms with Crippen LogP contribution in [-0.2, 0) is 5.41 Å². The van der Waals surface area contributed by atoms with E-state index in [9.17, 15) is 0 Å². The fraction of sp³-hybridized carbons (Fsp3) is 0.170. The third kappa shape index (κ3) is 6.78. The summed E-state index contributed by atoms with van der Waals surface area (Å²) >= 11 is 0. The molecule has 242 valence electrons. The van der Waals surface area contributed by atoms with E-state index < -0.39 is 0 Å². The number of aryl methyl sites for hydroxylation is 1. The summed E-state index contributed by atoms with van der Waals surface area (Å²) in [5.41, 5.74) is 14.4. The fourth-order valence-electron chi connectivity index (χ4n) is 6.97. The van der Waals surface area contributed by atoms with Crippen LogP contribution in [0.25, 0.3) is 61.6 Å². The molecule has 0 spiro atoms. The van der Waals surface area contributed by atoms with Gasteiger partial charge in [0.15, 0.2) is 0 Å². The molecule has 1 heterocycles. The maximum absolute atomic E-state index is 5.19. The van der Waals surface area contributed by atoms with Crippen LogP contribution in [0.4, 0.5) is 0 Å². The summed E-state index contributed by atoms with van der Waals surface area (Å²) in [4.78, 5) is 5.19. The SMILES string of the molecule is CCCCC(C)(C)c1cnc(-c2cccc(-c3cc(-c4ccccc4)cc(-c4ccccc4)c3)c2)n1-c1ccc(-c2ccccc2)cc1C. The first-order valence-corrected chi connectivity index (χ1v) is 17.5. The van der Waals surface area contributed by atoms with Crippen LogP contribution in [0.3, 0.4) is 0 Å². The van der Waals surface area contributed by atoms with Crippen molar-refractivity contribution in [2.45, 2.75) is 52.4 Å². The van der Waals surface area contributed by atoms with Crippen LogP contribution in [0.2, 0.25) is 0 Å². The molecule has 0 radical (unpaired) electrons. The quantitative estimate of drug-likeness (QED) is 0.146. The van der Waals surface area contributed by atoms with Crippen molar-refractivity contribution in [3.8, 4) is 61.6 Å². The Labute approximate surface area is 291 Å². The summed E-state index contributed by atoms with van der Waals surface area (Å²) in [6.45, 7) is 9.23. The number of hydrogen-bond acceptors (Lipinski definition) is 1. The standard InChI is InChI=1S/C47H44N2/c1-5-6-27-47(3,4)45-33-48-46(49(45)44-26-25-39(28-34(44)2)35-17-10-7-11-18-35)40-24-16-23-38(29-40)43-31-41(36-19-12-8-13-20-36)30-42(32-43)37-21-14-9-15-22-37/h7-26,28-33H,5-6,27H2,1-4H3. The third-order valence-electron chi connectivity index (χ3n) is 9.76. The lowest BCUT2D eigenvalue weighted by atomic mass is 9.84. The number of nitrogens with zero attached hydrogens (tertiary/aromatic N) is 2. The van der Waals surface area contributed by atoms with E-state index >= 15 is 0 Å². The van der Waals surface area contributed by atoms with Crippen molar-refractivity contribution in [3.63, 3.8) is 0 Å². The van der Waals surface area contributed by atoms with Gasteiger partial charge in [0.2, 0.25) is 0 Å². The number of hydrogen-bond donors (Lipinski definition) is 0. The van der Waals surface area contributed by atoms with E-state index in [1.165, 1.54) is 74.3 Å². The molecule has 2 heteroatoms. The van der Waals surface area contributed by atoms with Crippen molar-refractivity contribution < 1.29 is 0 Å². The molecule has 7 aromatic rings. The Kier molecular flexibility index (Phi) is 9.13. The monoisotopic (exact) mass is 636 g/mol. The molecule has 0 amide bonds. The Bertz CT molecular complexity index is 2120. The van der Waals surface area contributed by atoms with Gasteiger partial charge in [0.05, 0.1) is 5.69 Å². The first kappa shape index (κ1) is 32.1. The van der Waals surface area contributed by atoms with Crippen LogP contribution >= 0.6 is 0 Å². The Hall–Kier alpha value is -5.47. The van der Waals surface area contributed by atoms with E-state index in [0.29, 0.717) is 0 Å². The number of unbranched alkanes of at least 4 members (excludes halogenated alkanes) is 1. The second-order valence-electron chi connectivity index (χ2n) is 13.8. The molecule has 0 aliphatic rings. The lowest BCUT2D eigenvalue weighted by Crippen LogP contribution is -2.22. The summed E-state index contributed by atoms with van der Waals surface area (Å²) in [6, 6.07) is 54.7. The summed E-state index contributed by atoms with van der Waals surface area (Å²) in [5, 5.41) is 0. The van der Waals surface area contributed by atoms with Crippen LogP contribution in [0.15, 0.2) is 158 Å². The zero-order valence-corrected chi connectivity index (χ0v) is 29.0. The van der Waals surface area contributed by atoms with E-state index in [1.54, 1.807) is 0 Å². The topological polar surface area (TPSA) is 17.8 Å². The van der Waals surface area contributed by atoms with Crippen molar-refractivity contribution in [2.75, 3.05) is 0 Å². The van der Waals surface area contributed by atoms with Crippen LogP contribution in [0.5, 0.6) is 0 Å². The summed E-state index contributed by atoms with van der Waals surface area (Å²) in [5.74, 6) is 0.972. The molecule has 6 aromatic carbocycles. The smallest absolute Gasteiger partial charge is 0.144 e. The average molecular weight is 637 g/mol. The Morgan fingerprint density at radius 1 is 0.510 bits per heavy atom. The first-order valence-electron chi connectivity index (χ1n) is 17.5. The number of rotatable bonds is 10. The number of imidazole rings is 1. The van der Waals surface area contributed by atoms with Gasteiger partial charge in [0.25, 0.3) is 0 Å². The number of aromatic nitrogens is 2. The van der Waals surface area contributed by atoms with E-state index in [1.807, 2.05) is 0 Å². The molecule has 0 aliphatic heterocycles. The van der Waals surface area contributed by atoms with E-state index in [4.69, 9.17) is 4.98 Å². The summed E-state index contributed by atoms with van der Waals surface area (Å²) in [7, 11) is 0. The second kappa shape index (κ2) is 13.9. The van der Waals surface area contributed by atoms with Crippen molar-refractivity contribution in [1.82, 2.24) is 9.55 Å². The second-order valence-corrected chi connectivity index (χ2v) is 13.8. The van der Waals surface area contributed by atoms with E-state index in [0.717, 1.165) is 17.8 Å². The Morgan fingerprint density at radius 3 is 1.53 bits per heavy atom. The zero-order valence-electron chi connectivity index (χ0n) is 29.0. The Balaban J connectivity index is 1.37. The van der Waals surface area contributed by atoms with Gasteiger partial charge in [0.1, 0.15) is 5.82 Å². The Morgan fingerprint density at radius 2 is 0.980 bits per heavy atom. The molecular weight excluding hydrogens is 593 g/mol. The third-order valence-corrected chi connectivity index (χ3v) is 9.76. The van der Waals surface area contributed by atoms with E-state index in [2.05, 4.69) is 190 Å². The van der Waals surface area contributed by atoms with Gasteiger partial charge >= 0.3 is 0 Å². The predicted octanol–water partition coefficient (Wildman–Crippen LogP) is 13.0. The fourth-order valence-corrected chi connectivity index (χ4v) is 6.97. The normalized spacial score (nSPS) is 11.5. The number of benzene rings is 6. The van der Waals surface area contributed by atoms with Gasteiger partial charge in [-0.15, -0.1) is 0 Å². The van der Waals surface area contributed by atoms with Gasteiger partial charge in [-0.25, -0.2) is 4.98 Å². The molecule has 0 saturated carbocycles. The minimum absolute atomic E-state index is 0.0436. The van der Waals surface area contributed by atoms with Crippen LogP contribution < -0.4 is 0 Å². The van der Waals surface area contributed by atoms with Crippen LogP contribution in [-0.4, -0.2) is 9.55 Å². The van der Waals surface area contributed by atoms with Crippen molar-refractivity contribution in [3.05, 3.63) is 169 Å². The molecule has 1 aromatic heterocycles. The molecule has 0 N–H and O–H groups in total. The summed E-state index contributed by atoms with van der Waals surface area (Å²) in [6.07, 6.45) is 5.57. The molecular formula is C47H44N2. The van der Waals surface area contributed by atoms with Crippen LogP contribution in [0, 0.1) is 6.92 Å². The lowest BCUT2D eigenvalue weighted by Gasteiger charge is -2.27. The average Bonchev–Trinajstić information content (AvgIpc) is 3.61. The van der Waals surface area contributed by atoms with E-state index in [-0.39, 0.29) is 5.41 Å². The van der Waals surface area contributed by atoms with Crippen LogP contribution in [0.1, 0.15) is 51.3 Å². The zero-order chi connectivity index (χ0) is 33.8. The highest BCUT2D eigenvalue weighted by Gasteiger charge is 2.28. The van der Waals surface area contributed by atoms with Gasteiger partial charge in [-0.3, -0.25) is 4.57 Å². The molecule has 49 heavy (non-hydrogen) atoms. The lowest BCUT2D eigenvalue weighted by molar-refractivity contribution is 0.439. The van der Waals surface area contributed by atoms with Gasteiger partial charge in [-0.05, 0) is 99.8 Å². The maximum atomic E-state index is 5.19. The van der Waals surface area contributed by atoms with Gasteiger partial charge in [-0.2, -0.15) is 0 Å².